The topological polar surface area (TPSA) is 38.5 Å². The van der Waals surface area contributed by atoms with Gasteiger partial charge in [-0.05, 0) is 30.8 Å². The van der Waals surface area contributed by atoms with Crippen LogP contribution in [0.25, 0.3) is 0 Å². The number of hydrogen-bond acceptors (Lipinski definition) is 3. The first-order chi connectivity index (χ1) is 8.08. The summed E-state index contributed by atoms with van der Waals surface area (Å²) in [5.41, 5.74) is 7.05. The summed E-state index contributed by atoms with van der Waals surface area (Å²) in [4.78, 5) is 2.20. The van der Waals surface area contributed by atoms with Crippen LogP contribution in [0.3, 0.4) is 0 Å². The molecule has 1 saturated heterocycles. The Morgan fingerprint density at radius 3 is 2.94 bits per heavy atom. The largest absolute Gasteiger partial charge is 0.374 e. The first-order valence-electron chi connectivity index (χ1n) is 5.58. The van der Waals surface area contributed by atoms with Crippen LogP contribution in [0.15, 0.2) is 18.2 Å². The van der Waals surface area contributed by atoms with Crippen molar-refractivity contribution in [3.63, 3.8) is 0 Å². The lowest BCUT2D eigenvalue weighted by Crippen LogP contribution is -2.45. The molecule has 0 aliphatic carbocycles. The van der Waals surface area contributed by atoms with Gasteiger partial charge in [-0.2, -0.15) is 0 Å². The summed E-state index contributed by atoms with van der Waals surface area (Å²) >= 11 is 12.1. The predicted octanol–water partition coefficient (Wildman–Crippen LogP) is 2.32. The second kappa shape index (κ2) is 5.55. The Kier molecular flexibility index (Phi) is 4.28. The Hall–Kier alpha value is -0.320. The summed E-state index contributed by atoms with van der Waals surface area (Å²) in [7, 11) is 2.06. The Bertz CT molecular complexity index is 400. The van der Waals surface area contributed by atoms with Gasteiger partial charge in [-0.1, -0.05) is 23.2 Å². The average molecular weight is 275 g/mol. The van der Waals surface area contributed by atoms with Gasteiger partial charge < -0.3 is 15.4 Å². The molecular weight excluding hydrogens is 259 g/mol. The van der Waals surface area contributed by atoms with E-state index in [0.29, 0.717) is 16.7 Å². The second-order valence-corrected chi connectivity index (χ2v) is 5.21. The summed E-state index contributed by atoms with van der Waals surface area (Å²) in [6, 6.07) is 5.09. The molecule has 2 atom stereocenters. The first-order valence-corrected chi connectivity index (χ1v) is 6.34. The standard InChI is InChI=1S/C12H16Cl2N2O/c1-16-4-5-17-11(7-16)12(15)9-6-8(13)2-3-10(9)14/h2-3,6,11-12H,4-5,7,15H2,1H3. The van der Waals surface area contributed by atoms with E-state index in [2.05, 4.69) is 11.9 Å². The van der Waals surface area contributed by atoms with E-state index >= 15 is 0 Å². The van der Waals surface area contributed by atoms with Gasteiger partial charge in [0.2, 0.25) is 0 Å². The van der Waals surface area contributed by atoms with Crippen LogP contribution in [-0.2, 0) is 4.74 Å². The van der Waals surface area contributed by atoms with Crippen LogP contribution >= 0.6 is 23.2 Å². The van der Waals surface area contributed by atoms with E-state index in [-0.39, 0.29) is 12.1 Å². The number of likely N-dealkylation sites (N-methyl/N-ethyl adjacent to an activating group) is 1. The highest BCUT2D eigenvalue weighted by atomic mass is 35.5. The normalized spacial score (nSPS) is 23.6. The van der Waals surface area contributed by atoms with Crippen molar-refractivity contribution in [2.75, 3.05) is 26.7 Å². The van der Waals surface area contributed by atoms with Gasteiger partial charge in [-0.25, -0.2) is 0 Å². The lowest BCUT2D eigenvalue weighted by Gasteiger charge is -2.34. The van der Waals surface area contributed by atoms with E-state index in [1.807, 2.05) is 6.07 Å². The Balaban J connectivity index is 2.18. The van der Waals surface area contributed by atoms with Gasteiger partial charge in [-0.15, -0.1) is 0 Å². The highest BCUT2D eigenvalue weighted by molar-refractivity contribution is 6.33. The first kappa shape index (κ1) is 13.1. The predicted molar refractivity (Wildman–Crippen MR) is 70.6 cm³/mol. The van der Waals surface area contributed by atoms with Crippen LogP contribution in [-0.4, -0.2) is 37.7 Å². The van der Waals surface area contributed by atoms with Crippen molar-refractivity contribution >= 4 is 23.2 Å². The SMILES string of the molecule is CN1CCOC(C(N)c2cc(Cl)ccc2Cl)C1. The highest BCUT2D eigenvalue weighted by Gasteiger charge is 2.26. The summed E-state index contributed by atoms with van der Waals surface area (Å²) in [6.45, 7) is 2.45. The van der Waals surface area contributed by atoms with Crippen LogP contribution in [0.1, 0.15) is 11.6 Å². The molecule has 1 aliphatic heterocycles. The number of halogens is 2. The number of nitrogens with zero attached hydrogens (tertiary/aromatic N) is 1. The fraction of sp³-hybridized carbons (Fsp3) is 0.500. The van der Waals surface area contributed by atoms with Crippen molar-refractivity contribution in [2.24, 2.45) is 5.73 Å². The number of morpholine rings is 1. The number of benzene rings is 1. The minimum absolute atomic E-state index is 0.0373. The van der Waals surface area contributed by atoms with E-state index in [9.17, 15) is 0 Å². The summed E-state index contributed by atoms with van der Waals surface area (Å²) < 4.78 is 5.69. The van der Waals surface area contributed by atoms with Crippen LogP contribution < -0.4 is 5.73 Å². The maximum absolute atomic E-state index is 6.21. The van der Waals surface area contributed by atoms with Crippen molar-refractivity contribution in [3.05, 3.63) is 33.8 Å². The molecule has 1 heterocycles. The molecule has 5 heteroatoms. The molecule has 0 aromatic heterocycles. The van der Waals surface area contributed by atoms with Gasteiger partial charge >= 0.3 is 0 Å². The lowest BCUT2D eigenvalue weighted by atomic mass is 10.0. The third kappa shape index (κ3) is 3.12. The van der Waals surface area contributed by atoms with Gasteiger partial charge in [0.1, 0.15) is 0 Å². The molecule has 3 nitrogen and oxygen atoms in total. The molecule has 17 heavy (non-hydrogen) atoms. The van der Waals surface area contributed by atoms with Crippen molar-refractivity contribution in [2.45, 2.75) is 12.1 Å². The van der Waals surface area contributed by atoms with Gasteiger partial charge in [0.25, 0.3) is 0 Å². The number of ether oxygens (including phenoxy) is 1. The quantitative estimate of drug-likeness (QED) is 0.900. The van der Waals surface area contributed by atoms with Crippen molar-refractivity contribution in [3.8, 4) is 0 Å². The molecule has 0 bridgehead atoms. The van der Waals surface area contributed by atoms with Gasteiger partial charge in [-0.3, -0.25) is 0 Å². The lowest BCUT2D eigenvalue weighted by molar-refractivity contribution is -0.0326. The summed E-state index contributed by atoms with van der Waals surface area (Å²) in [5.74, 6) is 0. The maximum Gasteiger partial charge on any atom is 0.0895 e. The van der Waals surface area contributed by atoms with Crippen molar-refractivity contribution in [1.82, 2.24) is 4.90 Å². The Morgan fingerprint density at radius 2 is 2.24 bits per heavy atom. The third-order valence-corrected chi connectivity index (χ3v) is 3.59. The maximum atomic E-state index is 6.21. The number of hydrogen-bond donors (Lipinski definition) is 1. The van der Waals surface area contributed by atoms with Crippen LogP contribution in [0.5, 0.6) is 0 Å². The van der Waals surface area contributed by atoms with Gasteiger partial charge in [0, 0.05) is 23.1 Å². The van der Waals surface area contributed by atoms with Crippen molar-refractivity contribution < 1.29 is 4.74 Å². The molecule has 1 aromatic carbocycles. The van der Waals surface area contributed by atoms with Crippen molar-refractivity contribution in [1.29, 1.82) is 0 Å². The van der Waals surface area contributed by atoms with E-state index in [1.54, 1.807) is 12.1 Å². The second-order valence-electron chi connectivity index (χ2n) is 4.36. The molecular formula is C12H16Cl2N2O. The smallest absolute Gasteiger partial charge is 0.0895 e. The van der Waals surface area contributed by atoms with E-state index in [4.69, 9.17) is 33.7 Å². The summed E-state index contributed by atoms with van der Waals surface area (Å²) in [5, 5.41) is 1.28. The van der Waals surface area contributed by atoms with Crippen LogP contribution in [0, 0.1) is 0 Å². The number of rotatable bonds is 2. The molecule has 2 N–H and O–H groups in total. The number of nitrogens with two attached hydrogens (primary N) is 1. The van der Waals surface area contributed by atoms with E-state index in [1.165, 1.54) is 0 Å². The molecule has 0 saturated carbocycles. The zero-order valence-corrected chi connectivity index (χ0v) is 11.2. The molecule has 1 aromatic rings. The third-order valence-electron chi connectivity index (χ3n) is 3.01. The van der Waals surface area contributed by atoms with Crippen LogP contribution in [0.2, 0.25) is 10.0 Å². The fourth-order valence-electron chi connectivity index (χ4n) is 2.00. The molecule has 1 aliphatic rings. The molecule has 1 fully saturated rings. The van der Waals surface area contributed by atoms with Gasteiger partial charge in [0.15, 0.2) is 0 Å². The molecule has 94 valence electrons. The molecule has 0 radical (unpaired) electrons. The zero-order chi connectivity index (χ0) is 12.4. The fourth-order valence-corrected chi connectivity index (χ4v) is 2.42. The Morgan fingerprint density at radius 1 is 1.47 bits per heavy atom. The monoisotopic (exact) mass is 274 g/mol. The van der Waals surface area contributed by atoms with E-state index < -0.39 is 0 Å². The average Bonchev–Trinajstić information content (AvgIpc) is 2.31. The van der Waals surface area contributed by atoms with Crippen LogP contribution in [0.4, 0.5) is 0 Å². The molecule has 2 unspecified atom stereocenters. The minimum Gasteiger partial charge on any atom is -0.374 e. The summed E-state index contributed by atoms with van der Waals surface area (Å²) in [6.07, 6.45) is -0.0373. The molecule has 0 spiro atoms. The molecule has 2 rings (SSSR count). The Labute approximate surface area is 111 Å². The van der Waals surface area contributed by atoms with E-state index in [0.717, 1.165) is 18.7 Å². The molecule has 0 amide bonds. The minimum atomic E-state index is -0.246. The van der Waals surface area contributed by atoms with Gasteiger partial charge in [0.05, 0.1) is 18.8 Å². The zero-order valence-electron chi connectivity index (χ0n) is 9.70. The highest BCUT2D eigenvalue weighted by Crippen LogP contribution is 2.28.